The van der Waals surface area contributed by atoms with Crippen LogP contribution in [0.3, 0.4) is 0 Å². The number of alkyl halides is 6. The molecular formula is C21H17F6N5O. The molecule has 2 aromatic heterocycles. The van der Waals surface area contributed by atoms with Crippen LogP contribution in [0.4, 0.5) is 32.0 Å². The SMILES string of the molecule is CCCc1ccc(NCc2ccc3c(C(F)(F)F)c(-c4nn[nH]n4)oc3c2)cc1C(F)(F)F. The number of anilines is 1. The van der Waals surface area contributed by atoms with E-state index in [4.69, 9.17) is 4.42 Å². The lowest BCUT2D eigenvalue weighted by Crippen LogP contribution is -2.10. The van der Waals surface area contributed by atoms with Crippen LogP contribution in [0.15, 0.2) is 40.8 Å². The number of hydrogen-bond donors (Lipinski definition) is 2. The third kappa shape index (κ3) is 4.64. The number of furan rings is 1. The van der Waals surface area contributed by atoms with Gasteiger partial charge in [-0.05, 0) is 41.0 Å². The van der Waals surface area contributed by atoms with Crippen molar-refractivity contribution >= 4 is 16.7 Å². The standard InChI is InChI=1S/C21H17F6N5O/c1-2-3-12-5-6-13(9-15(12)20(22,23)24)28-10-11-4-7-14-16(8-11)33-18(17(14)21(25,26)27)19-29-31-32-30-19/h4-9,28H,2-3,10H2,1H3,(H,29,30,31,32). The van der Waals surface area contributed by atoms with Crippen molar-refractivity contribution in [2.45, 2.75) is 38.7 Å². The molecule has 2 heterocycles. The maximum absolute atomic E-state index is 13.6. The zero-order valence-electron chi connectivity index (χ0n) is 17.1. The van der Waals surface area contributed by atoms with Crippen LogP contribution in [0.2, 0.25) is 0 Å². The Morgan fingerprint density at radius 2 is 1.79 bits per heavy atom. The van der Waals surface area contributed by atoms with E-state index >= 15 is 0 Å². The molecule has 0 saturated carbocycles. The molecule has 4 aromatic rings. The molecule has 0 saturated heterocycles. The lowest BCUT2D eigenvalue weighted by Gasteiger charge is -2.15. The van der Waals surface area contributed by atoms with Crippen molar-refractivity contribution in [2.75, 3.05) is 5.32 Å². The summed E-state index contributed by atoms with van der Waals surface area (Å²) in [6.07, 6.45) is -8.34. The second-order valence-corrected chi connectivity index (χ2v) is 7.34. The predicted octanol–water partition coefficient (Wildman–Crippen LogP) is 6.22. The van der Waals surface area contributed by atoms with Gasteiger partial charge < -0.3 is 9.73 Å². The van der Waals surface area contributed by atoms with Gasteiger partial charge in [0.15, 0.2) is 5.76 Å². The van der Waals surface area contributed by atoms with Crippen LogP contribution in [0.25, 0.3) is 22.6 Å². The number of nitrogens with zero attached hydrogens (tertiary/aromatic N) is 3. The topological polar surface area (TPSA) is 79.6 Å². The van der Waals surface area contributed by atoms with E-state index in [9.17, 15) is 26.3 Å². The lowest BCUT2D eigenvalue weighted by atomic mass is 10.0. The predicted molar refractivity (Wildman–Crippen MR) is 107 cm³/mol. The summed E-state index contributed by atoms with van der Waals surface area (Å²) in [6.45, 7) is 1.87. The van der Waals surface area contributed by atoms with E-state index in [1.807, 2.05) is 0 Å². The molecule has 0 aliphatic heterocycles. The van der Waals surface area contributed by atoms with Crippen LogP contribution in [-0.4, -0.2) is 20.6 Å². The second kappa shape index (κ2) is 8.41. The number of fused-ring (bicyclic) bond motifs is 1. The monoisotopic (exact) mass is 469 g/mol. The van der Waals surface area contributed by atoms with Crippen LogP contribution in [0.1, 0.15) is 35.6 Å². The van der Waals surface area contributed by atoms with Gasteiger partial charge in [0, 0.05) is 17.6 Å². The van der Waals surface area contributed by atoms with Crippen LogP contribution in [0.5, 0.6) is 0 Å². The van der Waals surface area contributed by atoms with Gasteiger partial charge in [-0.2, -0.15) is 31.6 Å². The van der Waals surface area contributed by atoms with Gasteiger partial charge in [0.2, 0.25) is 5.82 Å². The quantitative estimate of drug-likeness (QED) is 0.328. The second-order valence-electron chi connectivity index (χ2n) is 7.34. The first-order valence-corrected chi connectivity index (χ1v) is 9.88. The Bertz CT molecular complexity index is 1260. The minimum absolute atomic E-state index is 0.0595. The zero-order chi connectivity index (χ0) is 23.8. The number of H-pyrrole nitrogens is 1. The first-order valence-electron chi connectivity index (χ1n) is 9.88. The van der Waals surface area contributed by atoms with Crippen LogP contribution < -0.4 is 5.32 Å². The molecule has 0 atom stereocenters. The van der Waals surface area contributed by atoms with Crippen molar-refractivity contribution in [3.8, 4) is 11.6 Å². The van der Waals surface area contributed by atoms with Crippen molar-refractivity contribution in [1.82, 2.24) is 20.6 Å². The first-order chi connectivity index (χ1) is 15.6. The Labute approximate surface area is 183 Å². The molecule has 4 rings (SSSR count). The highest BCUT2D eigenvalue weighted by atomic mass is 19.4. The van der Waals surface area contributed by atoms with Crippen molar-refractivity contribution in [1.29, 1.82) is 0 Å². The third-order valence-electron chi connectivity index (χ3n) is 5.02. The van der Waals surface area contributed by atoms with E-state index in [1.165, 1.54) is 24.3 Å². The van der Waals surface area contributed by atoms with Crippen LogP contribution in [-0.2, 0) is 25.3 Å². The van der Waals surface area contributed by atoms with Gasteiger partial charge in [-0.25, -0.2) is 0 Å². The Balaban J connectivity index is 1.63. The number of aromatic amines is 1. The van der Waals surface area contributed by atoms with Gasteiger partial charge in [-0.1, -0.05) is 31.5 Å². The average molecular weight is 469 g/mol. The Morgan fingerprint density at radius 3 is 2.42 bits per heavy atom. The van der Waals surface area contributed by atoms with Gasteiger partial charge >= 0.3 is 12.4 Å². The third-order valence-corrected chi connectivity index (χ3v) is 5.02. The highest BCUT2D eigenvalue weighted by Crippen LogP contribution is 2.43. The largest absolute Gasteiger partial charge is 0.452 e. The molecule has 0 bridgehead atoms. The summed E-state index contributed by atoms with van der Waals surface area (Å²) < 4.78 is 86.5. The molecule has 2 N–H and O–H groups in total. The number of aromatic nitrogens is 4. The minimum atomic E-state index is -4.73. The fourth-order valence-electron chi connectivity index (χ4n) is 3.59. The highest BCUT2D eigenvalue weighted by Gasteiger charge is 2.40. The van der Waals surface area contributed by atoms with Crippen molar-refractivity contribution in [3.05, 3.63) is 58.7 Å². The summed E-state index contributed by atoms with van der Waals surface area (Å²) in [7, 11) is 0. The normalized spacial score (nSPS) is 12.5. The van der Waals surface area contributed by atoms with Crippen molar-refractivity contribution < 1.29 is 30.8 Å². The summed E-state index contributed by atoms with van der Waals surface area (Å²) in [5.74, 6) is -0.914. The van der Waals surface area contributed by atoms with E-state index in [-0.39, 0.29) is 34.6 Å². The molecule has 0 aliphatic carbocycles. The number of halogens is 6. The summed E-state index contributed by atoms with van der Waals surface area (Å²) in [5, 5.41) is 15.2. The summed E-state index contributed by atoms with van der Waals surface area (Å²) in [5.41, 5.74) is -0.840. The Morgan fingerprint density at radius 1 is 1.00 bits per heavy atom. The molecule has 12 heteroatoms. The molecule has 0 spiro atoms. The van der Waals surface area contributed by atoms with Gasteiger partial charge in [0.25, 0.3) is 0 Å². The maximum atomic E-state index is 13.6. The molecule has 174 valence electrons. The molecule has 0 radical (unpaired) electrons. The van der Waals surface area contributed by atoms with Gasteiger partial charge in [0.05, 0.1) is 5.56 Å². The minimum Gasteiger partial charge on any atom is -0.452 e. The number of rotatable bonds is 6. The smallest absolute Gasteiger partial charge is 0.420 e. The molecule has 0 aliphatic rings. The Kier molecular flexibility index (Phi) is 5.76. The fourth-order valence-corrected chi connectivity index (χ4v) is 3.59. The molecule has 6 nitrogen and oxygen atoms in total. The number of tetrazole rings is 1. The van der Waals surface area contributed by atoms with E-state index in [0.717, 1.165) is 6.07 Å². The van der Waals surface area contributed by atoms with Gasteiger partial charge in [0.1, 0.15) is 11.1 Å². The average Bonchev–Trinajstić information content (AvgIpc) is 3.39. The van der Waals surface area contributed by atoms with Crippen molar-refractivity contribution in [2.24, 2.45) is 0 Å². The van der Waals surface area contributed by atoms with Crippen molar-refractivity contribution in [3.63, 3.8) is 0 Å². The van der Waals surface area contributed by atoms with E-state index in [1.54, 1.807) is 13.0 Å². The van der Waals surface area contributed by atoms with E-state index < -0.39 is 29.2 Å². The zero-order valence-corrected chi connectivity index (χ0v) is 17.1. The van der Waals surface area contributed by atoms with Crippen LogP contribution >= 0.6 is 0 Å². The number of benzene rings is 2. The van der Waals surface area contributed by atoms with Gasteiger partial charge in [-0.3, -0.25) is 0 Å². The van der Waals surface area contributed by atoms with Gasteiger partial charge in [-0.15, -0.1) is 10.2 Å². The number of aryl methyl sites for hydroxylation is 1. The van der Waals surface area contributed by atoms with Crippen LogP contribution in [0, 0.1) is 0 Å². The molecule has 0 unspecified atom stereocenters. The molecule has 2 aromatic carbocycles. The molecule has 33 heavy (non-hydrogen) atoms. The number of hydrogen-bond acceptors (Lipinski definition) is 5. The summed E-state index contributed by atoms with van der Waals surface area (Å²) >= 11 is 0. The fraction of sp³-hybridized carbons (Fsp3) is 0.286. The molecular weight excluding hydrogens is 452 g/mol. The summed E-state index contributed by atoms with van der Waals surface area (Å²) in [6, 6.07) is 8.08. The first kappa shape index (κ1) is 22.6. The van der Waals surface area contributed by atoms with E-state index in [0.29, 0.717) is 18.4 Å². The lowest BCUT2D eigenvalue weighted by molar-refractivity contribution is -0.138. The number of nitrogens with one attached hydrogen (secondary N) is 2. The summed E-state index contributed by atoms with van der Waals surface area (Å²) in [4.78, 5) is 0. The molecule has 0 amide bonds. The maximum Gasteiger partial charge on any atom is 0.420 e. The van der Waals surface area contributed by atoms with E-state index in [2.05, 4.69) is 25.9 Å². The Hall–Kier alpha value is -3.57. The highest BCUT2D eigenvalue weighted by molar-refractivity contribution is 5.88. The molecule has 0 fully saturated rings.